The number of nitrogens with zero attached hydrogens (tertiary/aromatic N) is 3. The molecule has 1 aliphatic rings. The molecule has 7 nitrogen and oxygen atoms in total. The SMILES string of the molecule is COCC(=O)Nc1ccc(N2C(=S)N[C@@H](c3ccccn3)[C@@H]2c2cc(C)n(-c3cccc(Cl)c3C)c2C)cc1Cl. The number of benzene rings is 2. The van der Waals surface area contributed by atoms with Crippen LogP contribution in [-0.2, 0) is 9.53 Å². The highest BCUT2D eigenvalue weighted by molar-refractivity contribution is 7.80. The molecule has 0 unspecified atom stereocenters. The van der Waals surface area contributed by atoms with E-state index in [1.165, 1.54) is 7.11 Å². The third-order valence-corrected chi connectivity index (χ3v) is 8.18. The largest absolute Gasteiger partial charge is 0.375 e. The Morgan fingerprint density at radius 2 is 1.88 bits per heavy atom. The van der Waals surface area contributed by atoms with Gasteiger partial charge in [-0.15, -0.1) is 0 Å². The number of aryl methyl sites for hydroxylation is 1. The number of thiocarbonyl (C=S) groups is 1. The van der Waals surface area contributed by atoms with Crippen molar-refractivity contribution in [1.29, 1.82) is 0 Å². The molecule has 1 amide bonds. The maximum absolute atomic E-state index is 12.1. The van der Waals surface area contributed by atoms with Crippen LogP contribution >= 0.6 is 35.4 Å². The topological polar surface area (TPSA) is 71.4 Å². The lowest BCUT2D eigenvalue weighted by Crippen LogP contribution is -2.29. The Balaban J connectivity index is 1.63. The van der Waals surface area contributed by atoms with Crippen molar-refractivity contribution < 1.29 is 9.53 Å². The summed E-state index contributed by atoms with van der Waals surface area (Å²) < 4.78 is 7.15. The highest BCUT2D eigenvalue weighted by Crippen LogP contribution is 2.45. The van der Waals surface area contributed by atoms with E-state index in [1.807, 2.05) is 49.4 Å². The number of ether oxygens (including phenoxy) is 1. The second kappa shape index (κ2) is 11.6. The zero-order valence-corrected chi connectivity index (χ0v) is 24.9. The molecule has 1 aliphatic heterocycles. The average molecular weight is 595 g/mol. The van der Waals surface area contributed by atoms with Crippen molar-refractivity contribution in [3.05, 3.63) is 105 Å². The van der Waals surface area contributed by atoms with Crippen LogP contribution in [0.3, 0.4) is 0 Å². The molecule has 0 saturated carbocycles. The quantitative estimate of drug-likeness (QED) is 0.228. The first kappa shape index (κ1) is 28.1. The lowest BCUT2D eigenvalue weighted by atomic mass is 9.96. The van der Waals surface area contributed by atoms with Crippen LogP contribution in [0.15, 0.2) is 66.9 Å². The van der Waals surface area contributed by atoms with Crippen molar-refractivity contribution in [3.8, 4) is 5.69 Å². The van der Waals surface area contributed by atoms with Gasteiger partial charge in [-0.1, -0.05) is 35.3 Å². The summed E-state index contributed by atoms with van der Waals surface area (Å²) in [5.74, 6) is -0.285. The number of methoxy groups -OCH3 is 1. The third-order valence-electron chi connectivity index (χ3n) is 7.15. The van der Waals surface area contributed by atoms with Gasteiger partial charge in [0.15, 0.2) is 5.11 Å². The minimum absolute atomic E-state index is 0.0617. The van der Waals surface area contributed by atoms with E-state index in [-0.39, 0.29) is 24.6 Å². The first-order valence-corrected chi connectivity index (χ1v) is 13.9. The van der Waals surface area contributed by atoms with Crippen molar-refractivity contribution in [2.75, 3.05) is 23.9 Å². The standard InChI is InChI=1S/C30H29Cl2N5O2S/c1-17-14-21(19(3)36(17)26-10-7-8-22(31)18(26)2)29-28(25-9-5-6-13-33-25)35-30(40)37(29)20-11-12-24(23(32)15-20)34-27(38)16-39-4/h5-15,28-29H,16H2,1-4H3,(H,34,38)(H,35,40)/t28-,29-/m0/s1. The van der Waals surface area contributed by atoms with E-state index < -0.39 is 0 Å². The first-order chi connectivity index (χ1) is 19.2. The van der Waals surface area contributed by atoms with Crippen molar-refractivity contribution >= 4 is 57.8 Å². The highest BCUT2D eigenvalue weighted by Gasteiger charge is 2.42. The van der Waals surface area contributed by atoms with Gasteiger partial charge in [-0.05, 0) is 92.6 Å². The molecule has 2 aromatic carbocycles. The molecular weight excluding hydrogens is 565 g/mol. The number of nitrogens with one attached hydrogen (secondary N) is 2. The molecule has 4 aromatic rings. The van der Waals surface area contributed by atoms with Crippen LogP contribution in [0.4, 0.5) is 11.4 Å². The predicted molar refractivity (Wildman–Crippen MR) is 165 cm³/mol. The molecule has 0 spiro atoms. The number of pyridine rings is 1. The molecule has 1 saturated heterocycles. The Morgan fingerprint density at radius 1 is 1.07 bits per heavy atom. The van der Waals surface area contributed by atoms with Gasteiger partial charge in [-0.25, -0.2) is 0 Å². The fraction of sp³-hybridized carbons (Fsp3) is 0.233. The van der Waals surface area contributed by atoms with E-state index in [1.54, 1.807) is 12.3 Å². The van der Waals surface area contributed by atoms with Crippen LogP contribution in [0.1, 0.15) is 40.3 Å². The Kier molecular flexibility index (Phi) is 8.14. The van der Waals surface area contributed by atoms with Gasteiger partial charge >= 0.3 is 0 Å². The molecule has 2 atom stereocenters. The summed E-state index contributed by atoms with van der Waals surface area (Å²) in [7, 11) is 1.47. The number of amides is 1. The molecule has 0 radical (unpaired) electrons. The molecule has 3 heterocycles. The number of carbonyl (C=O) groups excluding carboxylic acids is 1. The molecule has 5 rings (SSSR count). The normalized spacial score (nSPS) is 16.8. The fourth-order valence-corrected chi connectivity index (χ4v) is 6.06. The molecule has 2 N–H and O–H groups in total. The summed E-state index contributed by atoms with van der Waals surface area (Å²) >= 11 is 19.1. The van der Waals surface area contributed by atoms with Crippen molar-refractivity contribution in [2.24, 2.45) is 0 Å². The number of carbonyl (C=O) groups is 1. The van der Waals surface area contributed by atoms with Gasteiger partial charge < -0.3 is 24.8 Å². The number of halogens is 2. The van der Waals surface area contributed by atoms with Gasteiger partial charge in [0.05, 0.1) is 28.5 Å². The average Bonchev–Trinajstić information content (AvgIpc) is 3.42. The zero-order valence-electron chi connectivity index (χ0n) is 22.5. The summed E-state index contributed by atoms with van der Waals surface area (Å²) in [5, 5.41) is 7.94. The van der Waals surface area contributed by atoms with Crippen LogP contribution in [-0.4, -0.2) is 34.3 Å². The molecule has 0 bridgehead atoms. The van der Waals surface area contributed by atoms with Crippen molar-refractivity contribution in [3.63, 3.8) is 0 Å². The summed E-state index contributed by atoms with van der Waals surface area (Å²) in [6.07, 6.45) is 1.78. The highest BCUT2D eigenvalue weighted by atomic mass is 35.5. The number of aromatic nitrogens is 2. The van der Waals surface area contributed by atoms with E-state index in [0.717, 1.165) is 44.6 Å². The van der Waals surface area contributed by atoms with Crippen LogP contribution in [0.25, 0.3) is 5.69 Å². The smallest absolute Gasteiger partial charge is 0.250 e. The third kappa shape index (κ3) is 5.20. The Bertz CT molecular complexity index is 1590. The Labute approximate surface area is 249 Å². The molecule has 0 aliphatic carbocycles. The van der Waals surface area contributed by atoms with E-state index in [0.29, 0.717) is 15.8 Å². The predicted octanol–water partition coefficient (Wildman–Crippen LogP) is 6.87. The van der Waals surface area contributed by atoms with Crippen LogP contribution in [0, 0.1) is 20.8 Å². The van der Waals surface area contributed by atoms with Crippen LogP contribution in [0.5, 0.6) is 0 Å². The first-order valence-electron chi connectivity index (χ1n) is 12.7. The monoisotopic (exact) mass is 593 g/mol. The molecule has 206 valence electrons. The molecule has 10 heteroatoms. The van der Waals surface area contributed by atoms with E-state index in [4.69, 9.17) is 40.2 Å². The Hall–Kier alpha value is -3.43. The summed E-state index contributed by atoms with van der Waals surface area (Å²) in [6.45, 7) is 6.17. The summed E-state index contributed by atoms with van der Waals surface area (Å²) in [4.78, 5) is 18.8. The van der Waals surface area contributed by atoms with E-state index in [9.17, 15) is 4.79 Å². The van der Waals surface area contributed by atoms with Gasteiger partial charge in [-0.2, -0.15) is 0 Å². The lowest BCUT2D eigenvalue weighted by Gasteiger charge is -2.28. The fourth-order valence-electron chi connectivity index (χ4n) is 5.32. The second-order valence-corrected chi connectivity index (χ2v) is 10.9. The number of hydrogen-bond acceptors (Lipinski definition) is 4. The Morgan fingerprint density at radius 3 is 2.58 bits per heavy atom. The second-order valence-electron chi connectivity index (χ2n) is 9.69. The van der Waals surface area contributed by atoms with Gasteiger partial charge in [0.25, 0.3) is 0 Å². The van der Waals surface area contributed by atoms with E-state index in [2.05, 4.69) is 51.1 Å². The maximum Gasteiger partial charge on any atom is 0.250 e. The molecule has 1 fully saturated rings. The molecule has 2 aromatic heterocycles. The number of anilines is 2. The van der Waals surface area contributed by atoms with Crippen molar-refractivity contribution in [2.45, 2.75) is 32.9 Å². The number of rotatable bonds is 7. The van der Waals surface area contributed by atoms with E-state index >= 15 is 0 Å². The van der Waals surface area contributed by atoms with Gasteiger partial charge in [0.1, 0.15) is 6.61 Å². The van der Waals surface area contributed by atoms with Crippen molar-refractivity contribution in [1.82, 2.24) is 14.9 Å². The summed E-state index contributed by atoms with van der Waals surface area (Å²) in [6, 6.07) is 19.0. The van der Waals surface area contributed by atoms with Gasteiger partial charge in [0.2, 0.25) is 5.91 Å². The van der Waals surface area contributed by atoms with Crippen LogP contribution in [0.2, 0.25) is 10.0 Å². The molecular formula is C30H29Cl2N5O2S. The lowest BCUT2D eigenvalue weighted by molar-refractivity contribution is -0.119. The summed E-state index contributed by atoms with van der Waals surface area (Å²) in [5.41, 5.74) is 7.43. The molecule has 40 heavy (non-hydrogen) atoms. The minimum Gasteiger partial charge on any atom is -0.375 e. The number of hydrogen-bond donors (Lipinski definition) is 2. The van der Waals surface area contributed by atoms with Gasteiger partial charge in [-0.3, -0.25) is 9.78 Å². The maximum atomic E-state index is 12.1. The minimum atomic E-state index is -0.285. The van der Waals surface area contributed by atoms with Crippen LogP contribution < -0.4 is 15.5 Å². The van der Waals surface area contributed by atoms with Gasteiger partial charge in [0, 0.05) is 41.1 Å². The zero-order chi connectivity index (χ0) is 28.6.